The molecule has 0 spiro atoms. The van der Waals surface area contributed by atoms with Crippen LogP contribution in [0.4, 0.5) is 4.79 Å². The molecule has 0 aliphatic carbocycles. The van der Waals surface area contributed by atoms with Gasteiger partial charge in [-0.1, -0.05) is 54.6 Å². The van der Waals surface area contributed by atoms with Crippen molar-refractivity contribution in [1.29, 1.82) is 0 Å². The number of imidazole rings is 1. The van der Waals surface area contributed by atoms with Gasteiger partial charge in [-0.2, -0.15) is 4.80 Å². The predicted octanol–water partition coefficient (Wildman–Crippen LogP) is 1.99. The lowest BCUT2D eigenvalue weighted by atomic mass is 10.1. The zero-order valence-electron chi connectivity index (χ0n) is 19.1. The zero-order valence-corrected chi connectivity index (χ0v) is 19.1. The second kappa shape index (κ2) is 11.5. The first-order chi connectivity index (χ1) is 17.5. The summed E-state index contributed by atoms with van der Waals surface area (Å²) in [6, 6.07) is 15.3. The molecule has 36 heavy (non-hydrogen) atoms. The molecule has 0 saturated heterocycles. The molecule has 12 nitrogen and oxygen atoms in total. The van der Waals surface area contributed by atoms with Gasteiger partial charge in [-0.15, -0.1) is 10.2 Å². The second-order valence-corrected chi connectivity index (χ2v) is 7.87. The van der Waals surface area contributed by atoms with Crippen LogP contribution in [0.15, 0.2) is 67.0 Å². The monoisotopic (exact) mass is 489 g/mol. The van der Waals surface area contributed by atoms with Crippen LogP contribution in [0, 0.1) is 0 Å². The highest BCUT2D eigenvalue weighted by molar-refractivity contribution is 5.90. The lowest BCUT2D eigenvalue weighted by molar-refractivity contribution is -0.139. The van der Waals surface area contributed by atoms with Crippen molar-refractivity contribution in [3.63, 3.8) is 0 Å². The number of ether oxygens (including phenoxy) is 1. The first-order valence-corrected chi connectivity index (χ1v) is 11.0. The highest BCUT2D eigenvalue weighted by Gasteiger charge is 2.25. The normalized spacial score (nSPS) is 11.6. The number of carbonyl (C=O) groups excluding carboxylic acids is 2. The molecular formula is C24H23N7O5. The fourth-order valence-electron chi connectivity index (χ4n) is 3.38. The van der Waals surface area contributed by atoms with Gasteiger partial charge < -0.3 is 20.1 Å². The summed E-state index contributed by atoms with van der Waals surface area (Å²) in [6.45, 7) is -0.377. The van der Waals surface area contributed by atoms with Crippen molar-refractivity contribution < 1.29 is 24.2 Å². The number of nitrogens with zero attached hydrogens (tertiary/aromatic N) is 5. The molecule has 3 N–H and O–H groups in total. The van der Waals surface area contributed by atoms with E-state index in [-0.39, 0.29) is 13.2 Å². The Morgan fingerprint density at radius 3 is 2.53 bits per heavy atom. The van der Waals surface area contributed by atoms with Crippen molar-refractivity contribution in [2.45, 2.75) is 32.0 Å². The smallest absolute Gasteiger partial charge is 0.408 e. The van der Waals surface area contributed by atoms with E-state index in [0.29, 0.717) is 12.2 Å². The maximum absolute atomic E-state index is 12.7. The Labute approximate surface area is 205 Å². The minimum absolute atomic E-state index is 0.0167. The van der Waals surface area contributed by atoms with E-state index in [9.17, 15) is 14.4 Å². The number of benzene rings is 2. The van der Waals surface area contributed by atoms with Crippen molar-refractivity contribution in [3.8, 4) is 11.4 Å². The van der Waals surface area contributed by atoms with E-state index >= 15 is 0 Å². The number of hydrogen-bond acceptors (Lipinski definition) is 8. The number of tetrazole rings is 1. The Morgan fingerprint density at radius 1 is 1.06 bits per heavy atom. The Hall–Kier alpha value is -4.87. The number of ketones is 1. The summed E-state index contributed by atoms with van der Waals surface area (Å²) in [4.78, 5) is 44.4. The number of carboxylic acids is 1. The third kappa shape index (κ3) is 6.82. The summed E-state index contributed by atoms with van der Waals surface area (Å²) in [5.74, 6) is -0.695. The summed E-state index contributed by atoms with van der Waals surface area (Å²) in [5.41, 5.74) is 2.62. The number of Topliss-reactive ketones (excluding diaryl/α,β-unsaturated/α-hetero) is 1. The van der Waals surface area contributed by atoms with Gasteiger partial charge in [0, 0.05) is 24.4 Å². The second-order valence-electron chi connectivity index (χ2n) is 7.87. The summed E-state index contributed by atoms with van der Waals surface area (Å²) in [7, 11) is 0. The van der Waals surface area contributed by atoms with Crippen LogP contribution in [0.2, 0.25) is 0 Å². The molecule has 2 aromatic carbocycles. The highest BCUT2D eigenvalue weighted by Crippen LogP contribution is 2.16. The van der Waals surface area contributed by atoms with Gasteiger partial charge in [0.25, 0.3) is 0 Å². The van der Waals surface area contributed by atoms with Crippen LogP contribution in [0.3, 0.4) is 0 Å². The molecule has 4 aromatic rings. The molecule has 0 radical (unpaired) electrons. The van der Waals surface area contributed by atoms with Gasteiger partial charge >= 0.3 is 12.1 Å². The van der Waals surface area contributed by atoms with Crippen LogP contribution in [-0.4, -0.2) is 59.2 Å². The van der Waals surface area contributed by atoms with Crippen LogP contribution in [0.5, 0.6) is 0 Å². The quantitative estimate of drug-likeness (QED) is 0.286. The van der Waals surface area contributed by atoms with E-state index in [0.717, 1.165) is 27.3 Å². The maximum atomic E-state index is 12.7. The molecule has 2 heterocycles. The van der Waals surface area contributed by atoms with Gasteiger partial charge in [0.1, 0.15) is 25.0 Å². The minimum atomic E-state index is -1.31. The third-order valence-electron chi connectivity index (χ3n) is 5.15. The highest BCUT2D eigenvalue weighted by atomic mass is 16.5. The number of aromatic amines is 1. The Morgan fingerprint density at radius 2 is 1.83 bits per heavy atom. The van der Waals surface area contributed by atoms with Crippen molar-refractivity contribution in [2.24, 2.45) is 0 Å². The molecule has 12 heteroatoms. The van der Waals surface area contributed by atoms with E-state index < -0.39 is 30.3 Å². The van der Waals surface area contributed by atoms with Crippen LogP contribution >= 0.6 is 0 Å². The maximum Gasteiger partial charge on any atom is 0.408 e. The first-order valence-electron chi connectivity index (χ1n) is 11.0. The average molecular weight is 489 g/mol. The number of rotatable bonds is 11. The minimum Gasteiger partial charge on any atom is -0.481 e. The molecule has 0 aliphatic rings. The summed E-state index contributed by atoms with van der Waals surface area (Å²) in [6.07, 6.45) is 2.30. The molecular weight excluding hydrogens is 466 g/mol. The number of H-pyrrole nitrogens is 1. The molecule has 1 unspecified atom stereocenters. The van der Waals surface area contributed by atoms with E-state index in [4.69, 9.17) is 9.84 Å². The van der Waals surface area contributed by atoms with Crippen molar-refractivity contribution >= 4 is 17.8 Å². The molecule has 0 aliphatic heterocycles. The fraction of sp³-hybridized carbons (Fsp3) is 0.208. The number of nitrogens with one attached hydrogen (secondary N) is 2. The van der Waals surface area contributed by atoms with E-state index in [1.165, 1.54) is 0 Å². The van der Waals surface area contributed by atoms with Gasteiger partial charge in [-0.3, -0.25) is 9.59 Å². The fourth-order valence-corrected chi connectivity index (χ4v) is 3.38. The lowest BCUT2D eigenvalue weighted by Gasteiger charge is -2.15. The van der Waals surface area contributed by atoms with Crippen LogP contribution < -0.4 is 5.32 Å². The number of alkyl carbamates (subject to hydrolysis) is 1. The number of carboxylic acid groups (broad SMARTS) is 1. The molecule has 4 rings (SSSR count). The number of hydrogen-bond donors (Lipinski definition) is 3. The van der Waals surface area contributed by atoms with Crippen LogP contribution in [0.25, 0.3) is 11.4 Å². The molecule has 0 saturated carbocycles. The summed E-state index contributed by atoms with van der Waals surface area (Å²) in [5, 5.41) is 23.5. The number of carbonyl (C=O) groups is 3. The average Bonchev–Trinajstić information content (AvgIpc) is 3.56. The largest absolute Gasteiger partial charge is 0.481 e. The van der Waals surface area contributed by atoms with Crippen molar-refractivity contribution in [1.82, 2.24) is 35.5 Å². The Kier molecular flexibility index (Phi) is 7.76. The van der Waals surface area contributed by atoms with Crippen LogP contribution in [0.1, 0.15) is 23.4 Å². The van der Waals surface area contributed by atoms with E-state index in [1.54, 1.807) is 36.7 Å². The zero-order chi connectivity index (χ0) is 25.3. The number of aromatic nitrogens is 6. The molecule has 0 bridgehead atoms. The summed E-state index contributed by atoms with van der Waals surface area (Å²) < 4.78 is 5.09. The number of amides is 1. The van der Waals surface area contributed by atoms with E-state index in [1.807, 2.05) is 30.3 Å². The molecule has 0 fully saturated rings. The molecule has 2 aromatic heterocycles. The topological polar surface area (TPSA) is 165 Å². The van der Waals surface area contributed by atoms with Gasteiger partial charge in [-0.25, -0.2) is 9.78 Å². The number of aliphatic carboxylic acids is 1. The first kappa shape index (κ1) is 24.3. The van der Waals surface area contributed by atoms with Gasteiger partial charge in [0.2, 0.25) is 0 Å². The molecule has 184 valence electrons. The Balaban J connectivity index is 1.32. The van der Waals surface area contributed by atoms with Gasteiger partial charge in [0.05, 0.1) is 6.42 Å². The third-order valence-corrected chi connectivity index (χ3v) is 5.15. The SMILES string of the molecule is O=C(O)CC(NC(=O)OCc1ccccc1)C(=O)Cn1nnc(Cc2ccc(-c3ncc[nH]3)cc2)n1. The molecule has 1 amide bonds. The van der Waals surface area contributed by atoms with Crippen LogP contribution in [-0.2, 0) is 33.9 Å². The Bertz CT molecular complexity index is 1300. The van der Waals surface area contributed by atoms with E-state index in [2.05, 4.69) is 30.7 Å². The van der Waals surface area contributed by atoms with Gasteiger partial charge in [0.15, 0.2) is 11.6 Å². The van der Waals surface area contributed by atoms with Crippen molar-refractivity contribution in [2.75, 3.05) is 0 Å². The van der Waals surface area contributed by atoms with Crippen molar-refractivity contribution in [3.05, 3.63) is 83.9 Å². The molecule has 1 atom stereocenters. The summed E-state index contributed by atoms with van der Waals surface area (Å²) >= 11 is 0. The lowest BCUT2D eigenvalue weighted by Crippen LogP contribution is -2.44. The van der Waals surface area contributed by atoms with Gasteiger partial charge in [-0.05, 0) is 16.3 Å². The predicted molar refractivity (Wildman–Crippen MR) is 125 cm³/mol. The standard InChI is InChI=1S/C24H23N7O5/c32-20(19(13-22(33)34)27-24(35)36-15-17-4-2-1-3-5-17)14-31-29-21(28-30-31)12-16-6-8-18(9-7-16)23-25-10-11-26-23/h1-11,19H,12-15H2,(H,25,26)(H,27,35)(H,33,34).